The molecule has 0 saturated carbocycles. The molecule has 1 aromatic rings. The van der Waals surface area contributed by atoms with E-state index in [0.717, 1.165) is 0 Å². The molecule has 0 bridgehead atoms. The summed E-state index contributed by atoms with van der Waals surface area (Å²) in [6, 6.07) is 1.49. The Balaban J connectivity index is 2.13. The van der Waals surface area contributed by atoms with E-state index in [9.17, 15) is 18.0 Å². The van der Waals surface area contributed by atoms with Crippen LogP contribution in [0.4, 0.5) is 0 Å². The van der Waals surface area contributed by atoms with Crippen LogP contribution in [0.1, 0.15) is 40.7 Å². The normalized spacial score (nSPS) is 21.1. The van der Waals surface area contributed by atoms with Crippen molar-refractivity contribution in [1.29, 1.82) is 0 Å². The van der Waals surface area contributed by atoms with Gasteiger partial charge >= 0.3 is 0 Å². The molecule has 3 rings (SSSR count). The summed E-state index contributed by atoms with van der Waals surface area (Å²) >= 11 is 9.08. The summed E-state index contributed by atoms with van der Waals surface area (Å²) in [5.74, 6) is -0.268. The van der Waals surface area contributed by atoms with E-state index < -0.39 is 20.2 Å². The van der Waals surface area contributed by atoms with Gasteiger partial charge in [0.15, 0.2) is 21.4 Å². The molecule has 0 radical (unpaired) electrons. The first kappa shape index (κ1) is 21.9. The van der Waals surface area contributed by atoms with E-state index in [4.69, 9.17) is 16.7 Å². The maximum Gasteiger partial charge on any atom is 0.198 e. The minimum atomic E-state index is -3.49. The summed E-state index contributed by atoms with van der Waals surface area (Å²) in [7, 11) is -3.49. The lowest BCUT2D eigenvalue weighted by Gasteiger charge is -2.19. The van der Waals surface area contributed by atoms with Crippen molar-refractivity contribution in [3.8, 4) is 0 Å². The van der Waals surface area contributed by atoms with Gasteiger partial charge < -0.3 is 5.11 Å². The Labute approximate surface area is 178 Å². The van der Waals surface area contributed by atoms with Crippen molar-refractivity contribution in [3.63, 3.8) is 0 Å². The third-order valence-electron chi connectivity index (χ3n) is 4.96. The summed E-state index contributed by atoms with van der Waals surface area (Å²) in [5.41, 5.74) is 1.26. The fourth-order valence-corrected chi connectivity index (χ4v) is 8.39. The quantitative estimate of drug-likeness (QED) is 0.512. The van der Waals surface area contributed by atoms with Gasteiger partial charge in [-0.1, -0.05) is 11.6 Å². The molecule has 1 heterocycles. The highest BCUT2D eigenvalue weighted by Gasteiger charge is 2.41. The van der Waals surface area contributed by atoms with Crippen molar-refractivity contribution < 1.29 is 23.1 Å². The second kappa shape index (κ2) is 8.52. The van der Waals surface area contributed by atoms with Crippen molar-refractivity contribution in [2.24, 2.45) is 0 Å². The smallest absolute Gasteiger partial charge is 0.198 e. The average molecular weight is 461 g/mol. The number of benzene rings is 1. The Morgan fingerprint density at radius 3 is 2.71 bits per heavy atom. The van der Waals surface area contributed by atoms with Crippen LogP contribution in [0.25, 0.3) is 0 Å². The summed E-state index contributed by atoms with van der Waals surface area (Å²) in [6.45, 7) is 1.61. The Morgan fingerprint density at radius 1 is 1.36 bits per heavy atom. The fraction of sp³-hybridized carbons (Fsp3) is 0.474. The Kier molecular flexibility index (Phi) is 6.66. The number of sulfone groups is 1. The zero-order chi connectivity index (χ0) is 20.6. The fourth-order valence-electron chi connectivity index (χ4n) is 3.72. The zero-order valence-electron chi connectivity index (χ0n) is 15.6. The summed E-state index contributed by atoms with van der Waals surface area (Å²) in [4.78, 5) is 26.7. The second-order valence-corrected chi connectivity index (χ2v) is 11.7. The number of thioether (sulfide) groups is 2. The highest BCUT2D eigenvalue weighted by Crippen LogP contribution is 2.44. The van der Waals surface area contributed by atoms with E-state index >= 15 is 0 Å². The van der Waals surface area contributed by atoms with Gasteiger partial charge in [-0.2, -0.15) is 0 Å². The molecule has 1 N–H and O–H groups in total. The molecular weight excluding hydrogens is 440 g/mol. The molecule has 0 amide bonds. The molecular formula is C19H21ClO5S3. The number of fused-ring (bicyclic) bond motifs is 1. The number of carbonyl (C=O) groups excluding carboxylic acids is 2. The number of aryl methyl sites for hydroxylation is 1. The van der Waals surface area contributed by atoms with Gasteiger partial charge in [0.05, 0.1) is 22.1 Å². The summed E-state index contributed by atoms with van der Waals surface area (Å²) in [6.07, 6.45) is 3.57. The van der Waals surface area contributed by atoms with Gasteiger partial charge in [0.1, 0.15) is 4.58 Å². The molecule has 0 fully saturated rings. The third-order valence-corrected chi connectivity index (χ3v) is 10.6. The molecule has 0 saturated heterocycles. The topological polar surface area (TPSA) is 88.5 Å². The van der Waals surface area contributed by atoms with Crippen LogP contribution in [0.2, 0.25) is 5.02 Å². The molecule has 1 atom stereocenters. The number of carbonyl (C=O) groups is 2. The monoisotopic (exact) mass is 460 g/mol. The van der Waals surface area contributed by atoms with E-state index in [0.29, 0.717) is 41.0 Å². The number of aliphatic hydroxyl groups excluding tert-OH is 1. The maximum absolute atomic E-state index is 13.3. The average Bonchev–Trinajstić information content (AvgIpc) is 2.93. The molecule has 2 aliphatic rings. The van der Waals surface area contributed by atoms with Gasteiger partial charge in [-0.25, -0.2) is 8.42 Å². The Morgan fingerprint density at radius 2 is 2.07 bits per heavy atom. The molecule has 0 aromatic heterocycles. The summed E-state index contributed by atoms with van der Waals surface area (Å²) in [5, 5.41) is 9.22. The Hall–Kier alpha value is -0.800. The standard InChI is InChI=1S/C19H21ClO5S3/c1-10-8-11(17(20)12-9-15(26-2)28(24,25)19(10)12)18(23)16-13(22)4-3-5-14(16)27-7-6-21/h8,15,21H,3-7,9H2,1-2H3. The van der Waals surface area contributed by atoms with E-state index in [1.165, 1.54) is 29.6 Å². The van der Waals surface area contributed by atoms with Crippen LogP contribution in [0.3, 0.4) is 0 Å². The van der Waals surface area contributed by atoms with Gasteiger partial charge in [-0.15, -0.1) is 23.5 Å². The van der Waals surface area contributed by atoms with E-state index in [1.54, 1.807) is 13.2 Å². The van der Waals surface area contributed by atoms with Crippen LogP contribution in [-0.2, 0) is 21.1 Å². The number of rotatable bonds is 6. The van der Waals surface area contributed by atoms with Crippen LogP contribution in [0.15, 0.2) is 21.4 Å². The zero-order valence-corrected chi connectivity index (χ0v) is 18.8. The van der Waals surface area contributed by atoms with Gasteiger partial charge in [0.2, 0.25) is 0 Å². The number of allylic oxidation sites excluding steroid dienone is 2. The van der Waals surface area contributed by atoms with Gasteiger partial charge in [-0.3, -0.25) is 9.59 Å². The number of hydrogen-bond acceptors (Lipinski definition) is 7. The summed E-state index contributed by atoms with van der Waals surface area (Å²) < 4.78 is 24.9. The van der Waals surface area contributed by atoms with Crippen molar-refractivity contribution in [3.05, 3.63) is 38.3 Å². The molecule has 152 valence electrons. The third kappa shape index (κ3) is 3.69. The molecule has 1 aliphatic carbocycles. The number of Topliss-reactive ketones (excluding diaryl/α,β-unsaturated/α-hetero) is 2. The lowest BCUT2D eigenvalue weighted by molar-refractivity contribution is -0.115. The van der Waals surface area contributed by atoms with Crippen molar-refractivity contribution >= 4 is 56.5 Å². The predicted molar refractivity (Wildman–Crippen MR) is 114 cm³/mol. The largest absolute Gasteiger partial charge is 0.396 e. The van der Waals surface area contributed by atoms with Crippen LogP contribution in [0, 0.1) is 6.92 Å². The first-order valence-electron chi connectivity index (χ1n) is 8.87. The number of hydrogen-bond donors (Lipinski definition) is 1. The van der Waals surface area contributed by atoms with Crippen LogP contribution in [-0.4, -0.2) is 48.3 Å². The van der Waals surface area contributed by atoms with Gasteiger partial charge in [-0.05, 0) is 48.1 Å². The van der Waals surface area contributed by atoms with Gasteiger partial charge in [0, 0.05) is 24.2 Å². The SMILES string of the molecule is CSC1Cc2c(Cl)c(C(=O)C3=C(SCCO)CCCC3=O)cc(C)c2S1(=O)=O. The molecule has 1 aliphatic heterocycles. The lowest BCUT2D eigenvalue weighted by Crippen LogP contribution is -2.20. The molecule has 5 nitrogen and oxygen atoms in total. The van der Waals surface area contributed by atoms with Crippen LogP contribution >= 0.6 is 35.1 Å². The maximum atomic E-state index is 13.3. The van der Waals surface area contributed by atoms with Crippen LogP contribution < -0.4 is 0 Å². The van der Waals surface area contributed by atoms with Gasteiger partial charge in [0.25, 0.3) is 0 Å². The first-order chi connectivity index (χ1) is 13.2. The van der Waals surface area contributed by atoms with Crippen LogP contribution in [0.5, 0.6) is 0 Å². The molecule has 9 heteroatoms. The molecule has 1 aromatic carbocycles. The molecule has 0 spiro atoms. The highest BCUT2D eigenvalue weighted by molar-refractivity contribution is 8.13. The number of aliphatic hydroxyl groups is 1. The van der Waals surface area contributed by atoms with E-state index in [1.807, 2.05) is 0 Å². The predicted octanol–water partition coefficient (Wildman–Crippen LogP) is 3.58. The molecule has 28 heavy (non-hydrogen) atoms. The first-order valence-corrected chi connectivity index (χ1v) is 13.1. The van der Waals surface area contributed by atoms with E-state index in [-0.39, 0.29) is 39.9 Å². The number of halogens is 1. The Bertz CT molecular complexity index is 982. The van der Waals surface area contributed by atoms with E-state index in [2.05, 4.69) is 0 Å². The highest BCUT2D eigenvalue weighted by atomic mass is 35.5. The van der Waals surface area contributed by atoms with Crippen molar-refractivity contribution in [1.82, 2.24) is 0 Å². The minimum absolute atomic E-state index is 0.0452. The number of ketones is 2. The lowest BCUT2D eigenvalue weighted by atomic mass is 9.90. The van der Waals surface area contributed by atoms with Crippen molar-refractivity contribution in [2.75, 3.05) is 18.6 Å². The molecule has 1 unspecified atom stereocenters. The second-order valence-electron chi connectivity index (χ2n) is 6.75. The van der Waals surface area contributed by atoms with Crippen molar-refractivity contribution in [2.45, 2.75) is 42.1 Å². The minimum Gasteiger partial charge on any atom is -0.396 e.